The number of hydrogen-bond donors (Lipinski definition) is 2. The molecule has 0 saturated heterocycles. The van der Waals surface area contributed by atoms with Gasteiger partial charge in [0.15, 0.2) is 0 Å². The van der Waals surface area contributed by atoms with Crippen LogP contribution in [0.4, 0.5) is 19.0 Å². The highest BCUT2D eigenvalue weighted by molar-refractivity contribution is 5.71. The van der Waals surface area contributed by atoms with Crippen molar-refractivity contribution in [1.82, 2.24) is 20.0 Å². The predicted molar refractivity (Wildman–Crippen MR) is 89.4 cm³/mol. The summed E-state index contributed by atoms with van der Waals surface area (Å²) in [6, 6.07) is 6.78. The summed E-state index contributed by atoms with van der Waals surface area (Å²) in [5.74, 6) is 0.209. The van der Waals surface area contributed by atoms with Crippen LogP contribution < -0.4 is 5.32 Å². The van der Waals surface area contributed by atoms with Gasteiger partial charge in [0, 0.05) is 24.9 Å². The van der Waals surface area contributed by atoms with Crippen LogP contribution in [-0.2, 0) is 19.8 Å². The van der Waals surface area contributed by atoms with E-state index in [0.29, 0.717) is 29.8 Å². The van der Waals surface area contributed by atoms with Gasteiger partial charge >= 0.3 is 6.18 Å². The topological polar surface area (TPSA) is 75.9 Å². The van der Waals surface area contributed by atoms with Gasteiger partial charge in [0.2, 0.25) is 0 Å². The van der Waals surface area contributed by atoms with Crippen molar-refractivity contribution in [2.24, 2.45) is 7.05 Å². The first kappa shape index (κ1) is 17.7. The lowest BCUT2D eigenvalue weighted by Gasteiger charge is -2.13. The minimum Gasteiger partial charge on any atom is -0.507 e. The molecule has 2 N–H and O–H groups in total. The molecule has 0 radical (unpaired) electrons. The van der Waals surface area contributed by atoms with E-state index in [1.165, 1.54) is 6.92 Å². The van der Waals surface area contributed by atoms with E-state index in [9.17, 15) is 18.3 Å². The van der Waals surface area contributed by atoms with Crippen LogP contribution in [0.25, 0.3) is 11.3 Å². The standard InChI is InChI=1S/C17H16F3N5O/c1-10-7-11(17(18,19)20)8-14(26)16(10)13-4-3-12(22-23-13)9-21-15-5-6-25(2)24-15/h3-8,26H,9H2,1-2H3,(H,21,24). The van der Waals surface area contributed by atoms with E-state index in [2.05, 4.69) is 20.6 Å². The number of hydrogen-bond acceptors (Lipinski definition) is 5. The molecule has 2 aromatic heterocycles. The van der Waals surface area contributed by atoms with Gasteiger partial charge in [0.1, 0.15) is 11.6 Å². The van der Waals surface area contributed by atoms with Crippen molar-refractivity contribution in [3.05, 3.63) is 53.3 Å². The number of aromatic hydroxyl groups is 1. The number of rotatable bonds is 4. The molecule has 6 nitrogen and oxygen atoms in total. The van der Waals surface area contributed by atoms with E-state index in [0.717, 1.165) is 6.07 Å². The van der Waals surface area contributed by atoms with Gasteiger partial charge in [-0.3, -0.25) is 4.68 Å². The zero-order valence-corrected chi connectivity index (χ0v) is 14.0. The minimum atomic E-state index is -4.52. The Kier molecular flexibility index (Phi) is 4.54. The van der Waals surface area contributed by atoms with Crippen LogP contribution in [0, 0.1) is 6.92 Å². The van der Waals surface area contributed by atoms with Crippen LogP contribution in [0.2, 0.25) is 0 Å². The second kappa shape index (κ2) is 6.66. The molecule has 9 heteroatoms. The summed E-state index contributed by atoms with van der Waals surface area (Å²) in [4.78, 5) is 0. The molecule has 0 aliphatic carbocycles. The monoisotopic (exact) mass is 363 g/mol. The highest BCUT2D eigenvalue weighted by atomic mass is 19.4. The van der Waals surface area contributed by atoms with Gasteiger partial charge in [-0.1, -0.05) is 0 Å². The lowest BCUT2D eigenvalue weighted by Crippen LogP contribution is -2.06. The smallest absolute Gasteiger partial charge is 0.416 e. The van der Waals surface area contributed by atoms with Crippen LogP contribution in [0.15, 0.2) is 36.5 Å². The van der Waals surface area contributed by atoms with Crippen molar-refractivity contribution < 1.29 is 18.3 Å². The number of alkyl halides is 3. The summed E-state index contributed by atoms with van der Waals surface area (Å²) in [6.45, 7) is 1.88. The highest BCUT2D eigenvalue weighted by Gasteiger charge is 2.32. The second-order valence-electron chi connectivity index (χ2n) is 5.82. The van der Waals surface area contributed by atoms with Crippen molar-refractivity contribution in [2.75, 3.05) is 5.32 Å². The molecule has 0 amide bonds. The Balaban J connectivity index is 1.80. The van der Waals surface area contributed by atoms with E-state index in [1.807, 2.05) is 6.07 Å². The van der Waals surface area contributed by atoms with Crippen molar-refractivity contribution in [1.29, 1.82) is 0 Å². The molecule has 0 saturated carbocycles. The lowest BCUT2D eigenvalue weighted by atomic mass is 10.0. The number of anilines is 1. The molecule has 0 bridgehead atoms. The Morgan fingerprint density at radius 1 is 1.15 bits per heavy atom. The zero-order chi connectivity index (χ0) is 18.9. The summed E-state index contributed by atoms with van der Waals surface area (Å²) in [6.07, 6.45) is -2.72. The van der Waals surface area contributed by atoms with Crippen LogP contribution in [-0.4, -0.2) is 25.1 Å². The van der Waals surface area contributed by atoms with E-state index in [4.69, 9.17) is 0 Å². The molecule has 0 unspecified atom stereocenters. The third-order valence-electron chi connectivity index (χ3n) is 3.78. The molecule has 0 fully saturated rings. The van der Waals surface area contributed by atoms with Crippen molar-refractivity contribution in [3.63, 3.8) is 0 Å². The Bertz CT molecular complexity index is 896. The van der Waals surface area contributed by atoms with Gasteiger partial charge in [0.25, 0.3) is 0 Å². The van der Waals surface area contributed by atoms with E-state index in [-0.39, 0.29) is 11.1 Å². The average Bonchev–Trinajstić information content (AvgIpc) is 2.98. The third kappa shape index (κ3) is 3.76. The first-order chi connectivity index (χ1) is 12.2. The molecular weight excluding hydrogens is 347 g/mol. The SMILES string of the molecule is Cc1cc(C(F)(F)F)cc(O)c1-c1ccc(CNc2ccn(C)n2)nn1. The number of nitrogens with zero attached hydrogens (tertiary/aromatic N) is 4. The Morgan fingerprint density at radius 3 is 2.46 bits per heavy atom. The zero-order valence-electron chi connectivity index (χ0n) is 14.0. The molecular formula is C17H16F3N5O. The highest BCUT2D eigenvalue weighted by Crippen LogP contribution is 2.38. The van der Waals surface area contributed by atoms with Crippen molar-refractivity contribution in [2.45, 2.75) is 19.6 Å². The molecule has 0 aliphatic heterocycles. The van der Waals surface area contributed by atoms with Gasteiger partial charge in [-0.2, -0.15) is 28.5 Å². The Hall–Kier alpha value is -3.10. The molecule has 3 rings (SSSR count). The van der Waals surface area contributed by atoms with E-state index in [1.54, 1.807) is 30.1 Å². The third-order valence-corrected chi connectivity index (χ3v) is 3.78. The number of nitrogens with one attached hydrogen (secondary N) is 1. The Labute approximate surface area is 147 Å². The first-order valence-corrected chi connectivity index (χ1v) is 7.71. The van der Waals surface area contributed by atoms with Gasteiger partial charge in [-0.25, -0.2) is 0 Å². The normalized spacial score (nSPS) is 11.6. The average molecular weight is 363 g/mol. The van der Waals surface area contributed by atoms with Crippen LogP contribution in [0.1, 0.15) is 16.8 Å². The second-order valence-corrected chi connectivity index (χ2v) is 5.82. The maximum absolute atomic E-state index is 12.8. The van der Waals surface area contributed by atoms with Gasteiger partial charge in [0.05, 0.1) is 23.5 Å². The van der Waals surface area contributed by atoms with Crippen molar-refractivity contribution >= 4 is 5.82 Å². The summed E-state index contributed by atoms with van der Waals surface area (Å²) < 4.78 is 40.1. The number of phenols is 1. The maximum atomic E-state index is 12.8. The largest absolute Gasteiger partial charge is 0.507 e. The predicted octanol–water partition coefficient (Wildman–Crippen LogP) is 3.52. The van der Waals surface area contributed by atoms with Crippen LogP contribution >= 0.6 is 0 Å². The minimum absolute atomic E-state index is 0.231. The number of benzene rings is 1. The first-order valence-electron chi connectivity index (χ1n) is 7.71. The van der Waals surface area contributed by atoms with Crippen LogP contribution in [0.5, 0.6) is 5.75 Å². The molecule has 136 valence electrons. The van der Waals surface area contributed by atoms with Gasteiger partial charge < -0.3 is 10.4 Å². The number of halogens is 3. The number of aromatic nitrogens is 4. The molecule has 3 aromatic rings. The van der Waals surface area contributed by atoms with Crippen molar-refractivity contribution in [3.8, 4) is 17.0 Å². The fraction of sp³-hybridized carbons (Fsp3) is 0.235. The summed E-state index contributed by atoms with van der Waals surface area (Å²) in [5.41, 5.74) is 0.528. The summed E-state index contributed by atoms with van der Waals surface area (Å²) in [5, 5.41) is 25.3. The molecule has 2 heterocycles. The quantitative estimate of drug-likeness (QED) is 0.742. The lowest BCUT2D eigenvalue weighted by molar-refractivity contribution is -0.137. The molecule has 0 spiro atoms. The van der Waals surface area contributed by atoms with E-state index >= 15 is 0 Å². The fourth-order valence-corrected chi connectivity index (χ4v) is 2.54. The molecule has 1 aromatic carbocycles. The van der Waals surface area contributed by atoms with E-state index < -0.39 is 17.5 Å². The molecule has 26 heavy (non-hydrogen) atoms. The summed E-state index contributed by atoms with van der Waals surface area (Å²) >= 11 is 0. The summed E-state index contributed by atoms with van der Waals surface area (Å²) in [7, 11) is 1.80. The molecule has 0 atom stereocenters. The number of phenolic OH excluding ortho intramolecular Hbond substituents is 1. The maximum Gasteiger partial charge on any atom is 0.416 e. The number of aryl methyl sites for hydroxylation is 2. The Morgan fingerprint density at radius 2 is 1.92 bits per heavy atom. The molecule has 0 aliphatic rings. The van der Waals surface area contributed by atoms with Gasteiger partial charge in [-0.05, 0) is 36.8 Å². The fourth-order valence-electron chi connectivity index (χ4n) is 2.54. The van der Waals surface area contributed by atoms with Gasteiger partial charge in [-0.15, -0.1) is 0 Å². The van der Waals surface area contributed by atoms with Crippen LogP contribution in [0.3, 0.4) is 0 Å².